The fourth-order valence-electron chi connectivity index (χ4n) is 6.87. The van der Waals surface area contributed by atoms with Crippen LogP contribution >= 0.6 is 0 Å². The molecule has 4 N–H and O–H groups in total. The number of epoxide rings is 1. The summed E-state index contributed by atoms with van der Waals surface area (Å²) in [4.78, 5) is 41.7. The van der Waals surface area contributed by atoms with E-state index in [4.69, 9.17) is 29.4 Å². The van der Waals surface area contributed by atoms with Crippen LogP contribution < -0.4 is 20.7 Å². The molecule has 270 valence electrons. The van der Waals surface area contributed by atoms with Gasteiger partial charge in [0.2, 0.25) is 5.91 Å². The van der Waals surface area contributed by atoms with Gasteiger partial charge in [-0.1, -0.05) is 56.7 Å². The topological polar surface area (TPSA) is 162 Å². The number of nitrogens with two attached hydrogens (primary N) is 1. The van der Waals surface area contributed by atoms with Gasteiger partial charge in [0.25, 0.3) is 0 Å². The molecule has 12 heteroatoms. The number of aliphatic hydroxyl groups is 1. The molecule has 0 spiro atoms. The number of carbonyl (C=O) groups excluding carboxylic acids is 3. The van der Waals surface area contributed by atoms with E-state index in [2.05, 4.69) is 5.32 Å². The van der Waals surface area contributed by atoms with Gasteiger partial charge >= 0.3 is 12.1 Å². The Kier molecular flexibility index (Phi) is 10.7. The lowest BCUT2D eigenvalue weighted by Gasteiger charge is -2.42. The number of nitrogen functional groups attached to an aromatic ring is 1. The van der Waals surface area contributed by atoms with Crippen LogP contribution in [0, 0.1) is 11.8 Å². The molecule has 2 saturated heterocycles. The molecular formula is C38H49N3O9. The van der Waals surface area contributed by atoms with E-state index >= 15 is 0 Å². The normalized spacial score (nSPS) is 31.8. The largest absolute Gasteiger partial charge is 0.496 e. The van der Waals surface area contributed by atoms with Crippen LogP contribution in [0.2, 0.25) is 0 Å². The molecule has 0 radical (unpaired) electrons. The highest BCUT2D eigenvalue weighted by Crippen LogP contribution is 2.49. The van der Waals surface area contributed by atoms with Crippen molar-refractivity contribution >= 4 is 29.3 Å². The number of hydrogen-bond donors (Lipinski definition) is 3. The molecular weight excluding hydrogens is 642 g/mol. The summed E-state index contributed by atoms with van der Waals surface area (Å²) < 4.78 is 29.5. The highest BCUT2D eigenvalue weighted by Gasteiger charge is 2.64. The van der Waals surface area contributed by atoms with Gasteiger partial charge in [-0.25, -0.2) is 4.79 Å². The van der Waals surface area contributed by atoms with Crippen molar-refractivity contribution in [2.24, 2.45) is 11.8 Å². The Balaban J connectivity index is 1.64. The van der Waals surface area contributed by atoms with Crippen LogP contribution in [-0.4, -0.2) is 80.1 Å². The second-order valence-corrected chi connectivity index (χ2v) is 14.1. The van der Waals surface area contributed by atoms with Gasteiger partial charge in [0.05, 0.1) is 31.2 Å². The van der Waals surface area contributed by atoms with Crippen LogP contribution in [0.5, 0.6) is 5.75 Å². The van der Waals surface area contributed by atoms with E-state index in [0.717, 1.165) is 16.7 Å². The molecule has 3 aliphatic rings. The second-order valence-electron chi connectivity index (χ2n) is 14.1. The number of nitrogens with zero attached hydrogens (tertiary/aromatic N) is 1. The monoisotopic (exact) mass is 691 g/mol. The predicted octanol–water partition coefficient (Wildman–Crippen LogP) is 4.92. The summed E-state index contributed by atoms with van der Waals surface area (Å²) >= 11 is 0. The first-order valence-corrected chi connectivity index (χ1v) is 16.9. The van der Waals surface area contributed by atoms with Crippen LogP contribution in [0.25, 0.3) is 11.1 Å². The van der Waals surface area contributed by atoms with Crippen LogP contribution in [0.1, 0.15) is 53.0 Å². The average molecular weight is 692 g/mol. The first-order valence-electron chi connectivity index (χ1n) is 16.9. The fraction of sp³-hybridized carbons (Fsp3) is 0.500. The summed E-state index contributed by atoms with van der Waals surface area (Å²) in [5, 5.41) is 14.2. The lowest BCUT2D eigenvalue weighted by Crippen LogP contribution is -2.63. The number of anilines is 2. The first kappa shape index (κ1) is 36.9. The van der Waals surface area contributed by atoms with Crippen LogP contribution in [0.3, 0.4) is 0 Å². The van der Waals surface area contributed by atoms with Gasteiger partial charge in [0.1, 0.15) is 29.7 Å². The number of rotatable bonds is 5. The van der Waals surface area contributed by atoms with Crippen molar-refractivity contribution in [2.45, 2.75) is 89.6 Å². The maximum absolute atomic E-state index is 14.3. The highest BCUT2D eigenvalue weighted by molar-refractivity contribution is 5.99. The predicted molar refractivity (Wildman–Crippen MR) is 188 cm³/mol. The Labute approximate surface area is 293 Å². The number of ether oxygens (including phenoxy) is 5. The van der Waals surface area contributed by atoms with Crippen molar-refractivity contribution in [1.82, 2.24) is 5.32 Å². The minimum absolute atomic E-state index is 0.000944. The second kappa shape index (κ2) is 14.5. The van der Waals surface area contributed by atoms with E-state index in [-0.39, 0.29) is 18.7 Å². The minimum Gasteiger partial charge on any atom is -0.496 e. The maximum Gasteiger partial charge on any atom is 0.409 e. The molecule has 0 aliphatic carbocycles. The number of benzene rings is 2. The summed E-state index contributed by atoms with van der Waals surface area (Å²) in [6, 6.07) is 11.2. The standard InChI is InChI=1S/C38H49N3O9/c1-21(2)35(43)49-31-19-32(42)41(6)27-17-24(18-28(46-7)33(27)25-12-14-26(39)15-13-25)16-22(3)10-9-11-30(47-8)38(45)20-29(48-36(44)40-38)23(4)34-37(31,5)50-34/h9-15,17-18,21,23,29-31,34,45H,16,19-20,39H2,1-8H3,(H,40,44)/b11-9+,22-10+/t23-,29+,30-,31+,34+,37+,38+/m1/s1. The van der Waals surface area contributed by atoms with Crippen LogP contribution in [-0.2, 0) is 35.0 Å². The lowest BCUT2D eigenvalue weighted by molar-refractivity contribution is -0.157. The molecule has 4 bridgehead atoms. The third kappa shape index (κ3) is 7.52. The van der Waals surface area contributed by atoms with E-state index in [1.54, 1.807) is 64.1 Å². The van der Waals surface area contributed by atoms with Gasteiger partial charge in [-0.15, -0.1) is 0 Å². The molecule has 2 aromatic rings. The number of amides is 2. The van der Waals surface area contributed by atoms with Crippen LogP contribution in [0.4, 0.5) is 16.2 Å². The first-order chi connectivity index (χ1) is 23.6. The zero-order valence-electron chi connectivity index (χ0n) is 30.0. The zero-order valence-corrected chi connectivity index (χ0v) is 30.0. The molecule has 3 heterocycles. The van der Waals surface area contributed by atoms with E-state index in [1.165, 1.54) is 7.11 Å². The molecule has 2 amide bonds. The van der Waals surface area contributed by atoms with Crippen molar-refractivity contribution in [3.05, 3.63) is 65.8 Å². The van der Waals surface area contributed by atoms with Crippen molar-refractivity contribution < 1.29 is 43.2 Å². The van der Waals surface area contributed by atoms with Crippen molar-refractivity contribution in [3.63, 3.8) is 0 Å². The number of alkyl carbamates (subject to hydrolysis) is 1. The Bertz CT molecular complexity index is 1670. The summed E-state index contributed by atoms with van der Waals surface area (Å²) in [6.45, 7) is 9.04. The number of carbonyl (C=O) groups is 3. The number of methoxy groups -OCH3 is 2. The molecule has 7 atom stereocenters. The third-order valence-corrected chi connectivity index (χ3v) is 9.94. The van der Waals surface area contributed by atoms with E-state index in [1.807, 2.05) is 44.2 Å². The SMILES string of the molecule is COc1cc2cc(c1-c1ccc(N)cc1)N(C)C(=O)C[C@H](OC(=O)C(C)C)[C@]1(C)O[C@H]1[C@H](C)[C@@H]1C[C@@](O)(NC(=O)O1)[C@H](OC)/C=C/C=C(\C)C2. The van der Waals surface area contributed by atoms with Crippen molar-refractivity contribution in [3.8, 4) is 16.9 Å². The van der Waals surface area contributed by atoms with Crippen LogP contribution in [0.15, 0.2) is 60.2 Å². The Morgan fingerprint density at radius 1 is 1.16 bits per heavy atom. The smallest absolute Gasteiger partial charge is 0.409 e. The van der Waals surface area contributed by atoms with Gasteiger partial charge < -0.3 is 39.4 Å². The molecule has 0 aromatic heterocycles. The van der Waals surface area contributed by atoms with E-state index < -0.39 is 59.6 Å². The molecule has 3 aliphatic heterocycles. The molecule has 2 aromatic carbocycles. The van der Waals surface area contributed by atoms with Gasteiger partial charge in [-0.2, -0.15) is 0 Å². The number of allylic oxidation sites excluding steroid dienone is 3. The van der Waals surface area contributed by atoms with Crippen molar-refractivity contribution in [1.29, 1.82) is 0 Å². The van der Waals surface area contributed by atoms with E-state index in [9.17, 15) is 19.5 Å². The summed E-state index contributed by atoms with van der Waals surface area (Å²) in [5.74, 6) is -1.13. The Morgan fingerprint density at radius 3 is 2.50 bits per heavy atom. The molecule has 12 nitrogen and oxygen atoms in total. The third-order valence-electron chi connectivity index (χ3n) is 9.94. The maximum atomic E-state index is 14.3. The number of esters is 1. The molecule has 2 fully saturated rings. The van der Waals surface area contributed by atoms with Crippen molar-refractivity contribution in [2.75, 3.05) is 31.9 Å². The van der Waals surface area contributed by atoms with Gasteiger partial charge in [-0.3, -0.25) is 14.9 Å². The molecule has 50 heavy (non-hydrogen) atoms. The molecule has 0 saturated carbocycles. The molecule has 0 unspecified atom stereocenters. The Morgan fingerprint density at radius 2 is 1.86 bits per heavy atom. The lowest BCUT2D eigenvalue weighted by atomic mass is 9.83. The minimum atomic E-state index is -1.78. The Hall–Kier alpha value is -4.39. The number of fused-ring (bicyclic) bond motifs is 5. The average Bonchev–Trinajstić information content (AvgIpc) is 3.76. The van der Waals surface area contributed by atoms with Gasteiger partial charge in [0, 0.05) is 37.7 Å². The summed E-state index contributed by atoms with van der Waals surface area (Å²) in [5.41, 5.74) is 7.70. The highest BCUT2D eigenvalue weighted by atomic mass is 16.7. The molecule has 5 rings (SSSR count). The zero-order chi connectivity index (χ0) is 36.5. The van der Waals surface area contributed by atoms with Gasteiger partial charge in [0.15, 0.2) is 5.72 Å². The quantitative estimate of drug-likeness (QED) is 0.223. The summed E-state index contributed by atoms with van der Waals surface area (Å²) in [6.07, 6.45) is 1.67. The number of hydrogen-bond acceptors (Lipinski definition) is 10. The van der Waals surface area contributed by atoms with E-state index in [0.29, 0.717) is 29.1 Å². The summed E-state index contributed by atoms with van der Waals surface area (Å²) in [7, 11) is 4.73. The number of nitrogens with one attached hydrogen (secondary N) is 1. The van der Waals surface area contributed by atoms with Gasteiger partial charge in [-0.05, 0) is 55.7 Å². The fourth-order valence-corrected chi connectivity index (χ4v) is 6.87.